The third-order valence-corrected chi connectivity index (χ3v) is 6.85. The van der Waals surface area contributed by atoms with Gasteiger partial charge in [-0.15, -0.1) is 0 Å². The maximum atomic E-state index is 12.8. The number of amides is 1. The number of rotatable bonds is 4. The molecule has 26 heavy (non-hydrogen) atoms. The summed E-state index contributed by atoms with van der Waals surface area (Å²) in [5.74, 6) is 0.240. The van der Waals surface area contributed by atoms with Gasteiger partial charge in [0.15, 0.2) is 0 Å². The van der Waals surface area contributed by atoms with E-state index in [2.05, 4.69) is 13.8 Å². The lowest BCUT2D eigenvalue weighted by Gasteiger charge is -2.37. The summed E-state index contributed by atoms with van der Waals surface area (Å²) in [4.78, 5) is 14.5. The van der Waals surface area contributed by atoms with Crippen LogP contribution in [0, 0.1) is 5.41 Å². The molecular formula is C19H31N3O3S. The van der Waals surface area contributed by atoms with Crippen molar-refractivity contribution >= 4 is 15.9 Å². The van der Waals surface area contributed by atoms with Crippen LogP contribution in [0.3, 0.4) is 0 Å². The number of nitrogens with zero attached hydrogens (tertiary/aromatic N) is 2. The Morgan fingerprint density at radius 3 is 1.96 bits per heavy atom. The van der Waals surface area contributed by atoms with E-state index < -0.39 is 16.1 Å². The lowest BCUT2D eigenvalue weighted by molar-refractivity contribution is -0.136. The van der Waals surface area contributed by atoms with E-state index in [1.807, 2.05) is 32.9 Å². The normalized spacial score (nSPS) is 18.2. The molecule has 1 amide bonds. The van der Waals surface area contributed by atoms with Crippen molar-refractivity contribution in [1.82, 2.24) is 9.21 Å². The van der Waals surface area contributed by atoms with E-state index in [1.54, 1.807) is 17.0 Å². The Morgan fingerprint density at radius 2 is 1.54 bits per heavy atom. The van der Waals surface area contributed by atoms with Gasteiger partial charge in [-0.1, -0.05) is 46.8 Å². The number of nitrogens with two attached hydrogens (primary N) is 1. The van der Waals surface area contributed by atoms with Crippen molar-refractivity contribution in [3.63, 3.8) is 0 Å². The van der Waals surface area contributed by atoms with Crippen LogP contribution in [0.5, 0.6) is 0 Å². The van der Waals surface area contributed by atoms with Crippen LogP contribution in [0.25, 0.3) is 0 Å². The zero-order chi connectivity index (χ0) is 19.7. The highest BCUT2D eigenvalue weighted by Gasteiger charge is 2.35. The molecule has 7 heteroatoms. The number of hydrogen-bond donors (Lipinski definition) is 1. The van der Waals surface area contributed by atoms with Crippen molar-refractivity contribution in [3.05, 3.63) is 29.8 Å². The largest absolute Gasteiger partial charge is 0.339 e. The Bertz CT molecular complexity index is 728. The number of benzene rings is 1. The van der Waals surface area contributed by atoms with E-state index in [0.29, 0.717) is 23.9 Å². The van der Waals surface area contributed by atoms with Crippen LogP contribution in [-0.2, 0) is 14.8 Å². The first kappa shape index (κ1) is 20.9. The summed E-state index contributed by atoms with van der Waals surface area (Å²) in [6.45, 7) is 11.2. The lowest BCUT2D eigenvalue weighted by atomic mass is 9.86. The minimum absolute atomic E-state index is 0.115. The lowest BCUT2D eigenvalue weighted by Crippen LogP contribution is -2.56. The molecule has 6 nitrogen and oxygen atoms in total. The van der Waals surface area contributed by atoms with Gasteiger partial charge < -0.3 is 10.6 Å². The Balaban J connectivity index is 2.05. The molecule has 1 aliphatic rings. The molecule has 0 saturated carbocycles. The first-order chi connectivity index (χ1) is 11.9. The Hall–Kier alpha value is -1.44. The molecule has 0 unspecified atom stereocenters. The number of hydrogen-bond acceptors (Lipinski definition) is 4. The van der Waals surface area contributed by atoms with Crippen LogP contribution in [0.15, 0.2) is 29.2 Å². The fourth-order valence-electron chi connectivity index (χ4n) is 2.89. The molecule has 0 radical (unpaired) electrons. The second-order valence-corrected chi connectivity index (χ2v) is 10.2. The predicted molar refractivity (Wildman–Crippen MR) is 103 cm³/mol. The number of sulfonamides is 1. The van der Waals surface area contributed by atoms with Crippen LogP contribution < -0.4 is 5.73 Å². The van der Waals surface area contributed by atoms with Gasteiger partial charge in [0.1, 0.15) is 0 Å². The average Bonchev–Trinajstić information content (AvgIpc) is 2.59. The molecule has 2 N–H and O–H groups in total. The first-order valence-corrected chi connectivity index (χ1v) is 10.5. The molecule has 1 fully saturated rings. The molecule has 146 valence electrons. The van der Waals surface area contributed by atoms with Crippen molar-refractivity contribution in [1.29, 1.82) is 0 Å². The van der Waals surface area contributed by atoms with Crippen LogP contribution in [0.2, 0.25) is 0 Å². The molecule has 1 aromatic rings. The van der Waals surface area contributed by atoms with Crippen LogP contribution in [0.4, 0.5) is 0 Å². The van der Waals surface area contributed by atoms with Crippen molar-refractivity contribution in [3.8, 4) is 0 Å². The Kier molecular flexibility index (Phi) is 6.15. The number of piperazine rings is 1. The van der Waals surface area contributed by atoms with E-state index in [9.17, 15) is 13.2 Å². The monoisotopic (exact) mass is 381 g/mol. The van der Waals surface area contributed by atoms with E-state index in [0.717, 1.165) is 5.56 Å². The Morgan fingerprint density at radius 1 is 1.04 bits per heavy atom. The second kappa shape index (κ2) is 7.66. The quantitative estimate of drug-likeness (QED) is 0.865. The molecule has 1 atom stereocenters. The van der Waals surface area contributed by atoms with E-state index >= 15 is 0 Å². The average molecular weight is 382 g/mol. The predicted octanol–water partition coefficient (Wildman–Crippen LogP) is 2.02. The van der Waals surface area contributed by atoms with E-state index in [-0.39, 0.29) is 24.4 Å². The van der Waals surface area contributed by atoms with Crippen molar-refractivity contribution in [2.45, 2.75) is 51.5 Å². The van der Waals surface area contributed by atoms with Gasteiger partial charge in [0.25, 0.3) is 0 Å². The van der Waals surface area contributed by atoms with Gasteiger partial charge in [0.05, 0.1) is 10.9 Å². The third kappa shape index (κ3) is 4.45. The van der Waals surface area contributed by atoms with Crippen molar-refractivity contribution in [2.75, 3.05) is 26.2 Å². The topological polar surface area (TPSA) is 83.7 Å². The summed E-state index contributed by atoms with van der Waals surface area (Å²) in [7, 11) is -3.54. The maximum absolute atomic E-state index is 12.8. The molecule has 1 aromatic carbocycles. The summed E-state index contributed by atoms with van der Waals surface area (Å²) in [6, 6.07) is 6.46. The van der Waals surface area contributed by atoms with E-state index in [4.69, 9.17) is 5.73 Å². The van der Waals surface area contributed by atoms with Gasteiger partial charge in [-0.3, -0.25) is 4.79 Å². The van der Waals surface area contributed by atoms with Crippen molar-refractivity contribution < 1.29 is 13.2 Å². The van der Waals surface area contributed by atoms with Gasteiger partial charge in [-0.2, -0.15) is 4.31 Å². The highest BCUT2D eigenvalue weighted by atomic mass is 32.2. The molecule has 0 bridgehead atoms. The molecule has 0 aromatic heterocycles. The van der Waals surface area contributed by atoms with Crippen LogP contribution in [-0.4, -0.2) is 55.8 Å². The summed E-state index contributed by atoms with van der Waals surface area (Å²) >= 11 is 0. The zero-order valence-electron chi connectivity index (χ0n) is 16.4. The number of carbonyl (C=O) groups is 1. The molecule has 2 rings (SSSR count). The molecule has 0 spiro atoms. The molecular weight excluding hydrogens is 350 g/mol. The minimum Gasteiger partial charge on any atom is -0.339 e. The molecule has 1 heterocycles. The maximum Gasteiger partial charge on any atom is 0.243 e. The summed E-state index contributed by atoms with van der Waals surface area (Å²) < 4.78 is 27.1. The number of carbonyl (C=O) groups excluding carboxylic acids is 1. The summed E-state index contributed by atoms with van der Waals surface area (Å²) in [5, 5.41) is 0. The first-order valence-electron chi connectivity index (χ1n) is 9.09. The fourth-order valence-corrected chi connectivity index (χ4v) is 4.31. The highest BCUT2D eigenvalue weighted by molar-refractivity contribution is 7.89. The van der Waals surface area contributed by atoms with E-state index in [1.165, 1.54) is 4.31 Å². The molecule has 1 saturated heterocycles. The summed E-state index contributed by atoms with van der Waals surface area (Å²) in [5.41, 5.74) is 6.84. The van der Waals surface area contributed by atoms with Gasteiger partial charge in [-0.05, 0) is 29.0 Å². The zero-order valence-corrected chi connectivity index (χ0v) is 17.2. The third-order valence-electron chi connectivity index (χ3n) is 4.93. The van der Waals surface area contributed by atoms with Gasteiger partial charge in [-0.25, -0.2) is 8.42 Å². The minimum atomic E-state index is -3.54. The van der Waals surface area contributed by atoms with Gasteiger partial charge >= 0.3 is 0 Å². The van der Waals surface area contributed by atoms with Gasteiger partial charge in [0, 0.05) is 26.2 Å². The van der Waals surface area contributed by atoms with Crippen LogP contribution >= 0.6 is 0 Å². The van der Waals surface area contributed by atoms with Crippen molar-refractivity contribution in [2.24, 2.45) is 11.1 Å². The second-order valence-electron chi connectivity index (χ2n) is 8.30. The highest BCUT2D eigenvalue weighted by Crippen LogP contribution is 2.23. The summed E-state index contributed by atoms with van der Waals surface area (Å²) in [6.07, 6.45) is 0. The smallest absolute Gasteiger partial charge is 0.243 e. The van der Waals surface area contributed by atoms with Gasteiger partial charge in [0.2, 0.25) is 15.9 Å². The molecule has 0 aliphatic carbocycles. The van der Waals surface area contributed by atoms with Crippen LogP contribution in [0.1, 0.15) is 46.1 Å². The Labute approximate surface area is 157 Å². The SMILES string of the molecule is CC(C)c1ccc(S(=O)(=O)N2CCN(C(=O)[C@@H](N)C(C)(C)C)CC2)cc1. The fraction of sp³-hybridized carbons (Fsp3) is 0.632. The molecule has 1 aliphatic heterocycles. The standard InChI is InChI=1S/C19H31N3O3S/c1-14(2)15-6-8-16(9-7-15)26(24,25)22-12-10-21(11-13-22)18(23)17(20)19(3,4)5/h6-9,14,17H,10-13,20H2,1-5H3/t17-/m1/s1.